The zero-order valence-electron chi connectivity index (χ0n) is 16.5. The molecule has 0 unspecified atom stereocenters. The summed E-state index contributed by atoms with van der Waals surface area (Å²) in [5.41, 5.74) is 3.90. The number of aliphatic carboxylic acids is 1. The molecule has 31 heavy (non-hydrogen) atoms. The topological polar surface area (TPSA) is 135 Å². The summed E-state index contributed by atoms with van der Waals surface area (Å²) in [5, 5.41) is 26.3. The third-order valence-corrected chi connectivity index (χ3v) is 4.00. The Balaban J connectivity index is 0.000000423. The van der Waals surface area contributed by atoms with E-state index in [9.17, 15) is 18.0 Å². The molecule has 0 aliphatic heterocycles. The first-order valence-electron chi connectivity index (χ1n) is 8.76. The van der Waals surface area contributed by atoms with Gasteiger partial charge < -0.3 is 20.1 Å². The Morgan fingerprint density at radius 1 is 1.16 bits per heavy atom. The summed E-state index contributed by atoms with van der Waals surface area (Å²) in [6, 6.07) is 7.46. The summed E-state index contributed by atoms with van der Waals surface area (Å²) < 4.78 is 35.1. The van der Waals surface area contributed by atoms with Crippen LogP contribution in [0.2, 0.25) is 0 Å². The number of imidazole rings is 1. The molecule has 0 atom stereocenters. The van der Waals surface area contributed by atoms with Crippen molar-refractivity contribution < 1.29 is 33.0 Å². The smallest absolute Gasteiger partial charge is 0.475 e. The van der Waals surface area contributed by atoms with E-state index < -0.39 is 12.1 Å². The molecule has 2 heterocycles. The average molecular weight is 440 g/mol. The van der Waals surface area contributed by atoms with Crippen LogP contribution in [0.4, 0.5) is 18.9 Å². The lowest BCUT2D eigenvalue weighted by atomic mass is 10.2. The van der Waals surface area contributed by atoms with E-state index in [4.69, 9.17) is 15.0 Å². The van der Waals surface area contributed by atoms with Crippen molar-refractivity contribution in [1.29, 1.82) is 0 Å². The van der Waals surface area contributed by atoms with E-state index in [1.54, 1.807) is 6.33 Å². The second-order valence-electron chi connectivity index (χ2n) is 6.18. The first-order valence-corrected chi connectivity index (χ1v) is 8.76. The summed E-state index contributed by atoms with van der Waals surface area (Å²) >= 11 is 0. The normalized spacial score (nSPS) is 10.9. The van der Waals surface area contributed by atoms with Crippen LogP contribution in [0.3, 0.4) is 0 Å². The molecule has 13 heteroatoms. The fraction of sp³-hybridized carbons (Fsp3) is 0.278. The summed E-state index contributed by atoms with van der Waals surface area (Å²) in [7, 11) is 0. The Bertz CT molecular complexity index is 1040. The molecule has 0 aliphatic carbocycles. The molecule has 166 valence electrons. The fourth-order valence-electron chi connectivity index (χ4n) is 2.27. The number of aliphatic hydroxyl groups is 1. The SMILES string of the molecule is Cc1ncn(-c2ccc(NC(=O)c3cn(CCO)nn3)cc2)c1C.O=C(O)C(F)(F)F. The maximum Gasteiger partial charge on any atom is 0.490 e. The number of alkyl halides is 3. The molecule has 2 aromatic heterocycles. The molecule has 3 rings (SSSR count). The van der Waals surface area contributed by atoms with Gasteiger partial charge >= 0.3 is 12.1 Å². The fourth-order valence-corrected chi connectivity index (χ4v) is 2.27. The van der Waals surface area contributed by atoms with E-state index in [-0.39, 0.29) is 18.2 Å². The Kier molecular flexibility index (Phi) is 7.47. The highest BCUT2D eigenvalue weighted by atomic mass is 19.4. The molecule has 0 radical (unpaired) electrons. The molecular weight excluding hydrogens is 421 g/mol. The second kappa shape index (κ2) is 9.84. The maximum absolute atomic E-state index is 12.1. The highest BCUT2D eigenvalue weighted by Crippen LogP contribution is 2.17. The van der Waals surface area contributed by atoms with Gasteiger partial charge in [-0.3, -0.25) is 4.79 Å². The van der Waals surface area contributed by atoms with Gasteiger partial charge in [0.25, 0.3) is 5.91 Å². The van der Waals surface area contributed by atoms with E-state index in [1.807, 2.05) is 42.7 Å². The minimum atomic E-state index is -5.08. The molecule has 0 saturated carbocycles. The molecular formula is C18H19F3N6O4. The van der Waals surface area contributed by atoms with Gasteiger partial charge in [-0.05, 0) is 38.1 Å². The van der Waals surface area contributed by atoms with Crippen LogP contribution in [-0.2, 0) is 11.3 Å². The van der Waals surface area contributed by atoms with Crippen LogP contribution in [0.5, 0.6) is 0 Å². The third-order valence-electron chi connectivity index (χ3n) is 4.00. The Hall–Kier alpha value is -3.74. The summed E-state index contributed by atoms with van der Waals surface area (Å²) in [6.07, 6.45) is -1.81. The average Bonchev–Trinajstić information content (AvgIpc) is 3.30. The molecule has 3 N–H and O–H groups in total. The predicted octanol–water partition coefficient (Wildman–Crippen LogP) is 1.96. The molecule has 0 aliphatic rings. The first kappa shape index (κ1) is 23.5. The van der Waals surface area contributed by atoms with Gasteiger partial charge in [-0.25, -0.2) is 14.5 Å². The number of benzene rings is 1. The number of hydrogen-bond donors (Lipinski definition) is 3. The number of aryl methyl sites for hydroxylation is 1. The minimum Gasteiger partial charge on any atom is -0.475 e. The Morgan fingerprint density at radius 3 is 2.26 bits per heavy atom. The maximum atomic E-state index is 12.1. The minimum absolute atomic E-state index is 0.0565. The van der Waals surface area contributed by atoms with Crippen molar-refractivity contribution in [1.82, 2.24) is 24.5 Å². The van der Waals surface area contributed by atoms with Gasteiger partial charge in [-0.2, -0.15) is 13.2 Å². The van der Waals surface area contributed by atoms with E-state index in [2.05, 4.69) is 20.6 Å². The molecule has 1 aromatic carbocycles. The van der Waals surface area contributed by atoms with Crippen LogP contribution in [0.1, 0.15) is 21.9 Å². The molecule has 0 saturated heterocycles. The van der Waals surface area contributed by atoms with Crippen molar-refractivity contribution in [3.8, 4) is 5.69 Å². The number of carbonyl (C=O) groups is 2. The van der Waals surface area contributed by atoms with Crippen molar-refractivity contribution >= 4 is 17.6 Å². The van der Waals surface area contributed by atoms with Crippen LogP contribution in [0, 0.1) is 13.8 Å². The van der Waals surface area contributed by atoms with Crippen molar-refractivity contribution in [2.75, 3.05) is 11.9 Å². The largest absolute Gasteiger partial charge is 0.490 e. The highest BCUT2D eigenvalue weighted by molar-refractivity contribution is 6.02. The zero-order chi connectivity index (χ0) is 23.2. The van der Waals surface area contributed by atoms with Crippen LogP contribution < -0.4 is 5.32 Å². The number of carboxylic acid groups (broad SMARTS) is 1. The van der Waals surface area contributed by atoms with Gasteiger partial charge in [-0.1, -0.05) is 5.21 Å². The number of aromatic nitrogens is 5. The molecule has 10 nitrogen and oxygen atoms in total. The molecule has 0 fully saturated rings. The van der Waals surface area contributed by atoms with Crippen molar-refractivity contribution in [2.24, 2.45) is 0 Å². The van der Waals surface area contributed by atoms with Gasteiger partial charge in [0.1, 0.15) is 0 Å². The number of rotatable bonds is 5. The van der Waals surface area contributed by atoms with Crippen LogP contribution in [0.25, 0.3) is 5.69 Å². The summed E-state index contributed by atoms with van der Waals surface area (Å²) in [4.78, 5) is 25.3. The second-order valence-corrected chi connectivity index (χ2v) is 6.18. The van der Waals surface area contributed by atoms with Crippen LogP contribution in [-0.4, -0.2) is 59.4 Å². The van der Waals surface area contributed by atoms with Crippen molar-refractivity contribution in [2.45, 2.75) is 26.6 Å². The number of nitrogens with one attached hydrogen (secondary N) is 1. The number of halogens is 3. The van der Waals surface area contributed by atoms with Crippen LogP contribution >= 0.6 is 0 Å². The van der Waals surface area contributed by atoms with Gasteiger partial charge in [0, 0.05) is 17.1 Å². The first-order chi connectivity index (χ1) is 14.5. The predicted molar refractivity (Wildman–Crippen MR) is 102 cm³/mol. The van der Waals surface area contributed by atoms with Crippen molar-refractivity contribution in [3.63, 3.8) is 0 Å². The van der Waals surface area contributed by atoms with Gasteiger partial charge in [0.05, 0.1) is 31.4 Å². The van der Waals surface area contributed by atoms with Crippen LogP contribution in [0.15, 0.2) is 36.8 Å². The number of carbonyl (C=O) groups excluding carboxylic acids is 1. The summed E-state index contributed by atoms with van der Waals surface area (Å²) in [6.45, 7) is 4.22. The Morgan fingerprint density at radius 2 is 1.77 bits per heavy atom. The summed E-state index contributed by atoms with van der Waals surface area (Å²) in [5.74, 6) is -3.10. The zero-order valence-corrected chi connectivity index (χ0v) is 16.5. The van der Waals surface area contributed by atoms with E-state index in [0.29, 0.717) is 12.2 Å². The lowest BCUT2D eigenvalue weighted by molar-refractivity contribution is -0.192. The number of nitrogens with zero attached hydrogens (tertiary/aromatic N) is 5. The highest BCUT2D eigenvalue weighted by Gasteiger charge is 2.38. The lowest BCUT2D eigenvalue weighted by Crippen LogP contribution is -2.21. The van der Waals surface area contributed by atoms with E-state index in [0.717, 1.165) is 17.1 Å². The molecule has 3 aromatic rings. The Labute approximate surface area is 173 Å². The van der Waals surface area contributed by atoms with Gasteiger partial charge in [0.2, 0.25) is 0 Å². The number of hydrogen-bond acceptors (Lipinski definition) is 6. The number of aliphatic hydroxyl groups excluding tert-OH is 1. The van der Waals surface area contributed by atoms with E-state index in [1.165, 1.54) is 10.9 Å². The lowest BCUT2D eigenvalue weighted by Gasteiger charge is -2.07. The monoisotopic (exact) mass is 440 g/mol. The molecule has 0 bridgehead atoms. The van der Waals surface area contributed by atoms with Crippen molar-refractivity contribution in [3.05, 3.63) is 53.9 Å². The number of amides is 1. The standard InChI is InChI=1S/C16H18N6O2.C2HF3O2/c1-11-12(2)22(10-17-11)14-5-3-13(4-6-14)18-16(24)15-9-21(7-8-23)20-19-15;3-2(4,5)1(6)7/h3-6,9-10,23H,7-8H2,1-2H3,(H,18,24);(H,6,7). The molecule has 0 spiro atoms. The van der Waals surface area contributed by atoms with Gasteiger partial charge in [0.15, 0.2) is 5.69 Å². The number of anilines is 1. The molecule has 1 amide bonds. The third kappa shape index (κ3) is 6.37. The number of carboxylic acids is 1. The van der Waals surface area contributed by atoms with Gasteiger partial charge in [-0.15, -0.1) is 5.10 Å². The quantitative estimate of drug-likeness (QED) is 0.552. The van der Waals surface area contributed by atoms with E-state index >= 15 is 0 Å².